The van der Waals surface area contributed by atoms with Gasteiger partial charge in [-0.1, -0.05) is 164 Å². The van der Waals surface area contributed by atoms with Crippen molar-refractivity contribution in [3.63, 3.8) is 0 Å². The minimum Gasteiger partial charge on any atom is -0.454 e. The van der Waals surface area contributed by atoms with Crippen LogP contribution in [-0.4, -0.2) is 4.57 Å². The summed E-state index contributed by atoms with van der Waals surface area (Å²) in [5.41, 5.74) is 15.5. The molecular weight excluding hydrogens is 741 g/mol. The highest BCUT2D eigenvalue weighted by Gasteiger charge is 2.21. The fourth-order valence-corrected chi connectivity index (χ4v) is 9.26. The lowest BCUT2D eigenvalue weighted by atomic mass is 9.98. The van der Waals surface area contributed by atoms with Gasteiger partial charge in [0.1, 0.15) is 5.58 Å². The Kier molecular flexibility index (Phi) is 8.17. The minimum atomic E-state index is 0.864. The molecule has 3 heteroatoms. The van der Waals surface area contributed by atoms with Crippen molar-refractivity contribution in [3.8, 4) is 39.1 Å². The van der Waals surface area contributed by atoms with Crippen molar-refractivity contribution < 1.29 is 4.42 Å². The highest BCUT2D eigenvalue weighted by molar-refractivity contribution is 6.21. The Hall–Kier alpha value is -8.14. The molecule has 0 atom stereocenters. The van der Waals surface area contributed by atoms with E-state index in [9.17, 15) is 0 Å². The number of anilines is 3. The maximum absolute atomic E-state index is 6.77. The van der Waals surface area contributed by atoms with E-state index in [1.54, 1.807) is 0 Å². The second-order valence-electron chi connectivity index (χ2n) is 15.7. The van der Waals surface area contributed by atoms with Crippen LogP contribution in [0.4, 0.5) is 17.1 Å². The number of benzene rings is 10. The van der Waals surface area contributed by atoms with E-state index in [-0.39, 0.29) is 0 Å². The van der Waals surface area contributed by atoms with Crippen LogP contribution >= 0.6 is 0 Å². The second kappa shape index (κ2) is 14.3. The van der Waals surface area contributed by atoms with Crippen LogP contribution in [0.15, 0.2) is 235 Å². The van der Waals surface area contributed by atoms with Crippen molar-refractivity contribution in [1.29, 1.82) is 0 Å². The number of furan rings is 1. The van der Waals surface area contributed by atoms with Crippen LogP contribution in [0.3, 0.4) is 0 Å². The molecule has 12 rings (SSSR count). The summed E-state index contributed by atoms with van der Waals surface area (Å²) in [4.78, 5) is 2.32. The highest BCUT2D eigenvalue weighted by Crippen LogP contribution is 2.44. The normalized spacial score (nSPS) is 11.6. The number of hydrogen-bond acceptors (Lipinski definition) is 2. The molecule has 2 heterocycles. The van der Waals surface area contributed by atoms with Gasteiger partial charge in [-0.25, -0.2) is 0 Å². The smallest absolute Gasteiger partial charge is 0.159 e. The van der Waals surface area contributed by atoms with Crippen molar-refractivity contribution in [2.75, 3.05) is 4.90 Å². The molecular formula is C58H38N2O. The standard InChI is InChI=1S/C58H38N2O/c1-3-12-39(13-4-1)41-26-32-47(33-27-41)59(55-21-11-19-51-57-49-17-8-7-14-44(49)31-37-56(57)61-58(51)55)48-34-28-42(29-35-48)40-22-24-43(25-23-40)45-30-36-54-52(38-45)50-18-9-10-20-53(50)60(54)46-15-5-2-6-16-46/h1-38H. The Bertz CT molecular complexity index is 3550. The molecule has 0 N–H and O–H groups in total. The molecule has 0 spiro atoms. The van der Waals surface area contributed by atoms with Gasteiger partial charge in [-0.15, -0.1) is 0 Å². The summed E-state index contributed by atoms with van der Waals surface area (Å²) in [5.74, 6) is 0. The summed E-state index contributed by atoms with van der Waals surface area (Å²) < 4.78 is 9.13. The molecule has 12 aromatic rings. The fraction of sp³-hybridized carbons (Fsp3) is 0. The number of para-hydroxylation sites is 3. The van der Waals surface area contributed by atoms with Gasteiger partial charge in [-0.3, -0.25) is 0 Å². The van der Waals surface area contributed by atoms with E-state index in [2.05, 4.69) is 240 Å². The van der Waals surface area contributed by atoms with Gasteiger partial charge in [-0.05, 0) is 111 Å². The quantitative estimate of drug-likeness (QED) is 0.161. The maximum Gasteiger partial charge on any atom is 0.159 e. The Morgan fingerprint density at radius 2 is 0.869 bits per heavy atom. The molecule has 0 unspecified atom stereocenters. The summed E-state index contributed by atoms with van der Waals surface area (Å²) in [5, 5.41) is 7.16. The third kappa shape index (κ3) is 5.90. The van der Waals surface area contributed by atoms with Gasteiger partial charge in [0.2, 0.25) is 0 Å². The average molecular weight is 779 g/mol. The molecule has 10 aromatic carbocycles. The summed E-state index contributed by atoms with van der Waals surface area (Å²) >= 11 is 0. The van der Waals surface area contributed by atoms with E-state index in [1.807, 2.05) is 0 Å². The zero-order valence-corrected chi connectivity index (χ0v) is 33.2. The maximum atomic E-state index is 6.77. The first kappa shape index (κ1) is 34.9. The van der Waals surface area contributed by atoms with E-state index in [0.29, 0.717) is 0 Å². The molecule has 3 nitrogen and oxygen atoms in total. The summed E-state index contributed by atoms with van der Waals surface area (Å²) in [6.45, 7) is 0. The summed E-state index contributed by atoms with van der Waals surface area (Å²) in [7, 11) is 0. The van der Waals surface area contributed by atoms with Crippen molar-refractivity contribution in [1.82, 2.24) is 4.57 Å². The van der Waals surface area contributed by atoms with Crippen LogP contribution in [0.25, 0.3) is 93.6 Å². The van der Waals surface area contributed by atoms with Gasteiger partial charge in [0.25, 0.3) is 0 Å². The first-order valence-corrected chi connectivity index (χ1v) is 20.8. The minimum absolute atomic E-state index is 0.864. The Morgan fingerprint density at radius 3 is 1.57 bits per heavy atom. The van der Waals surface area contributed by atoms with E-state index in [0.717, 1.165) is 44.6 Å². The number of aromatic nitrogens is 1. The highest BCUT2D eigenvalue weighted by atomic mass is 16.3. The molecule has 0 saturated heterocycles. The van der Waals surface area contributed by atoms with Crippen LogP contribution in [0.5, 0.6) is 0 Å². The molecule has 286 valence electrons. The Labute approximate surface area is 353 Å². The Balaban J connectivity index is 0.915. The monoisotopic (exact) mass is 778 g/mol. The van der Waals surface area contributed by atoms with Gasteiger partial charge >= 0.3 is 0 Å². The van der Waals surface area contributed by atoms with E-state index in [1.165, 1.54) is 66.1 Å². The Morgan fingerprint density at radius 1 is 0.344 bits per heavy atom. The number of hydrogen-bond donors (Lipinski definition) is 0. The predicted octanol–water partition coefficient (Wildman–Crippen LogP) is 16.3. The van der Waals surface area contributed by atoms with Gasteiger partial charge in [0.15, 0.2) is 5.58 Å². The summed E-state index contributed by atoms with van der Waals surface area (Å²) in [6, 6.07) is 82.7. The zero-order valence-electron chi connectivity index (χ0n) is 33.2. The number of nitrogens with zero attached hydrogens (tertiary/aromatic N) is 2. The molecule has 0 radical (unpaired) electrons. The van der Waals surface area contributed by atoms with Crippen molar-refractivity contribution in [2.45, 2.75) is 0 Å². The topological polar surface area (TPSA) is 21.3 Å². The fourth-order valence-electron chi connectivity index (χ4n) is 9.26. The van der Waals surface area contributed by atoms with Crippen LogP contribution in [0.1, 0.15) is 0 Å². The predicted molar refractivity (Wildman–Crippen MR) is 257 cm³/mol. The van der Waals surface area contributed by atoms with Crippen molar-refractivity contribution >= 4 is 71.6 Å². The van der Waals surface area contributed by atoms with Crippen LogP contribution in [0.2, 0.25) is 0 Å². The SMILES string of the molecule is c1ccc(-c2ccc(N(c3ccc(-c4ccc(-c5ccc6c(c5)c5ccccc5n6-c5ccccc5)cc4)cc3)c3cccc4c3oc3ccc5ccccc5c34)cc2)cc1. The van der Waals surface area contributed by atoms with Crippen LogP contribution in [-0.2, 0) is 0 Å². The zero-order chi connectivity index (χ0) is 40.3. The van der Waals surface area contributed by atoms with Crippen LogP contribution in [0, 0.1) is 0 Å². The first-order chi connectivity index (χ1) is 30.2. The molecule has 0 amide bonds. The first-order valence-electron chi connectivity index (χ1n) is 20.8. The van der Waals surface area contributed by atoms with E-state index >= 15 is 0 Å². The van der Waals surface area contributed by atoms with Gasteiger partial charge in [0.05, 0.1) is 16.7 Å². The number of rotatable bonds is 7. The van der Waals surface area contributed by atoms with Gasteiger partial charge in [-0.2, -0.15) is 0 Å². The largest absolute Gasteiger partial charge is 0.454 e. The van der Waals surface area contributed by atoms with Crippen molar-refractivity contribution in [3.05, 3.63) is 231 Å². The molecule has 0 fully saturated rings. The molecule has 0 aliphatic carbocycles. The lowest BCUT2D eigenvalue weighted by molar-refractivity contribution is 0.669. The summed E-state index contributed by atoms with van der Waals surface area (Å²) in [6.07, 6.45) is 0. The lowest BCUT2D eigenvalue weighted by Gasteiger charge is -2.26. The molecule has 0 bridgehead atoms. The average Bonchev–Trinajstić information content (AvgIpc) is 3.89. The molecule has 0 aliphatic heterocycles. The molecule has 2 aromatic heterocycles. The van der Waals surface area contributed by atoms with Crippen molar-refractivity contribution in [2.24, 2.45) is 0 Å². The second-order valence-corrected chi connectivity index (χ2v) is 15.7. The van der Waals surface area contributed by atoms with E-state index in [4.69, 9.17) is 4.42 Å². The third-order valence-electron chi connectivity index (χ3n) is 12.2. The molecule has 61 heavy (non-hydrogen) atoms. The van der Waals surface area contributed by atoms with Gasteiger partial charge < -0.3 is 13.9 Å². The molecule has 0 aliphatic rings. The lowest BCUT2D eigenvalue weighted by Crippen LogP contribution is -2.10. The van der Waals surface area contributed by atoms with E-state index < -0.39 is 0 Å². The molecule has 0 saturated carbocycles. The van der Waals surface area contributed by atoms with Crippen LogP contribution < -0.4 is 4.90 Å². The number of fused-ring (bicyclic) bond motifs is 8. The third-order valence-corrected chi connectivity index (χ3v) is 12.2. The van der Waals surface area contributed by atoms with Gasteiger partial charge in [0, 0.05) is 38.6 Å².